The second kappa shape index (κ2) is 3.09. The molecule has 10 heavy (non-hydrogen) atoms. The van der Waals surface area contributed by atoms with Crippen LogP contribution in [0.15, 0.2) is 23.0 Å². The van der Waals surface area contributed by atoms with Gasteiger partial charge in [-0.3, -0.25) is 0 Å². The highest BCUT2D eigenvalue weighted by atomic mass is 16.3. The maximum atomic E-state index is 9.18. The van der Waals surface area contributed by atoms with Gasteiger partial charge in [-0.05, 0) is 13.0 Å². The van der Waals surface area contributed by atoms with Crippen molar-refractivity contribution in [3.05, 3.63) is 24.2 Å². The molecule has 0 aliphatic rings. The quantitative estimate of drug-likeness (QED) is 0.591. The van der Waals surface area contributed by atoms with Gasteiger partial charge in [0.15, 0.2) is 0 Å². The van der Waals surface area contributed by atoms with Crippen LogP contribution in [0.4, 0.5) is 0 Å². The van der Waals surface area contributed by atoms with Crippen molar-refractivity contribution in [2.75, 3.05) is 0 Å². The summed E-state index contributed by atoms with van der Waals surface area (Å²) in [5, 5.41) is 9.18. The van der Waals surface area contributed by atoms with E-state index in [9.17, 15) is 5.11 Å². The normalized spacial score (nSPS) is 11.8. The maximum absolute atomic E-state index is 9.18. The molecule has 52 valence electrons. The van der Waals surface area contributed by atoms with Crippen molar-refractivity contribution in [1.29, 1.82) is 0 Å². The lowest BCUT2D eigenvalue weighted by Gasteiger charge is -1.94. The van der Waals surface area contributed by atoms with Gasteiger partial charge in [0.2, 0.25) is 0 Å². The minimum atomic E-state index is -0.705. The van der Waals surface area contributed by atoms with Gasteiger partial charge in [0, 0.05) is 5.56 Å². The average Bonchev–Trinajstić information content (AvgIpc) is 2.38. The molecule has 0 saturated heterocycles. The fourth-order valence-electron chi connectivity index (χ4n) is 0.651. The Balaban J connectivity index is 2.74. The van der Waals surface area contributed by atoms with Gasteiger partial charge >= 0.3 is 0 Å². The molecule has 0 fully saturated rings. The summed E-state index contributed by atoms with van der Waals surface area (Å²) in [5.74, 6) is 5.21. The fraction of sp³-hybridized carbons (Fsp3) is 0.250. The lowest BCUT2D eigenvalue weighted by molar-refractivity contribution is 0.237. The second-order valence-corrected chi connectivity index (χ2v) is 1.85. The van der Waals surface area contributed by atoms with Gasteiger partial charge in [-0.2, -0.15) is 0 Å². The minimum Gasteiger partial charge on any atom is -0.472 e. The molecule has 1 N–H and O–H groups in total. The Kier molecular flexibility index (Phi) is 2.14. The van der Waals surface area contributed by atoms with E-state index < -0.39 is 6.10 Å². The zero-order valence-electron chi connectivity index (χ0n) is 5.66. The number of hydrogen-bond donors (Lipinski definition) is 1. The second-order valence-electron chi connectivity index (χ2n) is 1.85. The van der Waals surface area contributed by atoms with Crippen LogP contribution in [0.2, 0.25) is 0 Å². The van der Waals surface area contributed by atoms with Crippen molar-refractivity contribution < 1.29 is 9.52 Å². The van der Waals surface area contributed by atoms with Crippen LogP contribution in [-0.2, 0) is 0 Å². The highest BCUT2D eigenvalue weighted by Crippen LogP contribution is 2.10. The van der Waals surface area contributed by atoms with Crippen molar-refractivity contribution in [3.8, 4) is 11.8 Å². The van der Waals surface area contributed by atoms with Crippen LogP contribution < -0.4 is 0 Å². The van der Waals surface area contributed by atoms with Gasteiger partial charge in [-0.1, -0.05) is 5.92 Å². The Morgan fingerprint density at radius 2 is 2.50 bits per heavy atom. The van der Waals surface area contributed by atoms with E-state index in [2.05, 4.69) is 11.8 Å². The molecule has 0 radical (unpaired) electrons. The third-order valence-electron chi connectivity index (χ3n) is 1.14. The zero-order valence-corrected chi connectivity index (χ0v) is 5.66. The summed E-state index contributed by atoms with van der Waals surface area (Å²) in [6, 6.07) is 1.69. The zero-order chi connectivity index (χ0) is 7.40. The number of hydrogen-bond acceptors (Lipinski definition) is 2. The average molecular weight is 136 g/mol. The third kappa shape index (κ3) is 1.40. The van der Waals surface area contributed by atoms with E-state index in [0.29, 0.717) is 5.56 Å². The lowest BCUT2D eigenvalue weighted by Crippen LogP contribution is -1.89. The highest BCUT2D eigenvalue weighted by molar-refractivity contribution is 5.19. The molecule has 0 aromatic carbocycles. The molecule has 1 aromatic heterocycles. The molecule has 2 heteroatoms. The predicted molar refractivity (Wildman–Crippen MR) is 37.1 cm³/mol. The molecule has 1 aromatic rings. The van der Waals surface area contributed by atoms with Crippen molar-refractivity contribution in [2.45, 2.75) is 13.0 Å². The molecule has 0 saturated carbocycles. The lowest BCUT2D eigenvalue weighted by atomic mass is 10.2. The first-order chi connectivity index (χ1) is 4.84. The molecule has 1 atom stereocenters. The van der Waals surface area contributed by atoms with Gasteiger partial charge in [0.1, 0.15) is 6.10 Å². The Bertz CT molecular complexity index is 238. The smallest absolute Gasteiger partial charge is 0.143 e. The van der Waals surface area contributed by atoms with Gasteiger partial charge in [0.25, 0.3) is 0 Å². The number of aliphatic hydroxyl groups is 1. The maximum Gasteiger partial charge on any atom is 0.143 e. The summed E-state index contributed by atoms with van der Waals surface area (Å²) in [4.78, 5) is 0. The van der Waals surface area contributed by atoms with Crippen molar-refractivity contribution in [1.82, 2.24) is 0 Å². The minimum absolute atomic E-state index is 0.703. The van der Waals surface area contributed by atoms with Gasteiger partial charge < -0.3 is 9.52 Å². The monoisotopic (exact) mass is 136 g/mol. The third-order valence-corrected chi connectivity index (χ3v) is 1.14. The molecule has 0 spiro atoms. The van der Waals surface area contributed by atoms with E-state index in [4.69, 9.17) is 4.42 Å². The van der Waals surface area contributed by atoms with Gasteiger partial charge in [-0.15, -0.1) is 5.92 Å². The van der Waals surface area contributed by atoms with Crippen molar-refractivity contribution in [2.24, 2.45) is 0 Å². The standard InChI is InChI=1S/C8H8O2/c1-2-3-8(9)7-4-5-10-6-7/h4-6,8-9H,1H3. The van der Waals surface area contributed by atoms with Gasteiger partial charge in [0.05, 0.1) is 12.5 Å². The summed E-state index contributed by atoms with van der Waals surface area (Å²) >= 11 is 0. The van der Waals surface area contributed by atoms with Crippen LogP contribution >= 0.6 is 0 Å². The first-order valence-corrected chi connectivity index (χ1v) is 2.97. The van der Waals surface area contributed by atoms with E-state index in [1.54, 1.807) is 13.0 Å². The molecule has 1 heterocycles. The van der Waals surface area contributed by atoms with E-state index in [-0.39, 0.29) is 0 Å². The SMILES string of the molecule is CC#CC(O)c1ccoc1. The van der Waals surface area contributed by atoms with E-state index >= 15 is 0 Å². The number of furan rings is 1. The molecule has 0 aliphatic carbocycles. The van der Waals surface area contributed by atoms with Crippen molar-refractivity contribution >= 4 is 0 Å². The molecular weight excluding hydrogens is 128 g/mol. The van der Waals surface area contributed by atoms with E-state index in [1.165, 1.54) is 12.5 Å². The molecule has 0 bridgehead atoms. The summed E-state index contributed by atoms with van der Waals surface area (Å²) in [6.07, 6.45) is 2.29. The van der Waals surface area contributed by atoms with Crippen LogP contribution in [0.5, 0.6) is 0 Å². The van der Waals surface area contributed by atoms with Gasteiger partial charge in [-0.25, -0.2) is 0 Å². The Morgan fingerprint density at radius 1 is 1.70 bits per heavy atom. The number of aliphatic hydroxyl groups excluding tert-OH is 1. The highest BCUT2D eigenvalue weighted by Gasteiger charge is 2.02. The molecule has 0 aliphatic heterocycles. The molecule has 1 unspecified atom stereocenters. The molecule has 1 rings (SSSR count). The van der Waals surface area contributed by atoms with Crippen LogP contribution in [0, 0.1) is 11.8 Å². The first-order valence-electron chi connectivity index (χ1n) is 2.97. The fourth-order valence-corrected chi connectivity index (χ4v) is 0.651. The van der Waals surface area contributed by atoms with Crippen LogP contribution in [-0.4, -0.2) is 5.11 Å². The topological polar surface area (TPSA) is 33.4 Å². The van der Waals surface area contributed by atoms with Crippen molar-refractivity contribution in [3.63, 3.8) is 0 Å². The van der Waals surface area contributed by atoms with Crippen LogP contribution in [0.3, 0.4) is 0 Å². The Morgan fingerprint density at radius 3 is 3.00 bits per heavy atom. The summed E-state index contributed by atoms with van der Waals surface area (Å²) in [5.41, 5.74) is 0.703. The molecular formula is C8H8O2. The Labute approximate surface area is 59.5 Å². The van der Waals surface area contributed by atoms with Crippen LogP contribution in [0.1, 0.15) is 18.6 Å². The predicted octanol–water partition coefficient (Wildman–Crippen LogP) is 1.34. The van der Waals surface area contributed by atoms with Crippen LogP contribution in [0.25, 0.3) is 0 Å². The largest absolute Gasteiger partial charge is 0.472 e. The summed E-state index contributed by atoms with van der Waals surface area (Å²) < 4.78 is 4.75. The van der Waals surface area contributed by atoms with E-state index in [0.717, 1.165) is 0 Å². The first kappa shape index (κ1) is 6.91. The van der Waals surface area contributed by atoms with E-state index in [1.807, 2.05) is 0 Å². The molecule has 2 nitrogen and oxygen atoms in total. The Hall–Kier alpha value is -1.20. The summed E-state index contributed by atoms with van der Waals surface area (Å²) in [6.45, 7) is 1.68. The molecule has 0 amide bonds. The summed E-state index contributed by atoms with van der Waals surface area (Å²) in [7, 11) is 0. The number of rotatable bonds is 1.